The van der Waals surface area contributed by atoms with Gasteiger partial charge >= 0.3 is 0 Å². The number of thioether (sulfide) groups is 2. The molecule has 4 N–H and O–H groups in total. The average Bonchev–Trinajstić information content (AvgIpc) is 2.31. The van der Waals surface area contributed by atoms with Crippen molar-refractivity contribution in [1.29, 1.82) is 0 Å². The molecule has 17 heavy (non-hydrogen) atoms. The van der Waals surface area contributed by atoms with Gasteiger partial charge in [-0.15, -0.1) is 23.5 Å². The monoisotopic (exact) mass is 270 g/mol. The maximum Gasteiger partial charge on any atom is 0.00858 e. The van der Waals surface area contributed by atoms with E-state index in [0.29, 0.717) is 13.1 Å². The molecule has 0 fully saturated rings. The smallest absolute Gasteiger partial charge is 0.00858 e. The molecule has 1 rings (SSSR count). The minimum atomic E-state index is 0.281. The van der Waals surface area contributed by atoms with E-state index >= 15 is 0 Å². The largest absolute Gasteiger partial charge is 0.330 e. The molecule has 2 nitrogen and oxygen atoms in total. The molecule has 0 atom stereocenters. The topological polar surface area (TPSA) is 52.0 Å². The summed E-state index contributed by atoms with van der Waals surface area (Å²) in [5, 5.41) is 0. The fourth-order valence-corrected chi connectivity index (χ4v) is 3.30. The number of hydrogen-bond acceptors (Lipinski definition) is 4. The van der Waals surface area contributed by atoms with Crippen LogP contribution in [-0.4, -0.2) is 24.6 Å². The second kappa shape index (κ2) is 8.03. The van der Waals surface area contributed by atoms with Gasteiger partial charge in [0, 0.05) is 28.8 Å². The molecule has 0 amide bonds. The standard InChI is InChI=1S/C13H22N2S2/c1-3-16-12-5-10(11(8-14)9-15)6-13(7-12)17-4-2/h5-7,11H,3-4,8-9,14-15H2,1-2H3. The Hall–Kier alpha value is -0.160. The fraction of sp³-hybridized carbons (Fsp3) is 0.538. The van der Waals surface area contributed by atoms with Crippen molar-refractivity contribution in [2.75, 3.05) is 24.6 Å². The molecule has 0 heterocycles. The second-order valence-corrected chi connectivity index (χ2v) is 6.45. The molecule has 0 bridgehead atoms. The fourth-order valence-electron chi connectivity index (χ4n) is 1.70. The van der Waals surface area contributed by atoms with Gasteiger partial charge < -0.3 is 11.5 Å². The van der Waals surface area contributed by atoms with Gasteiger partial charge in [0.2, 0.25) is 0 Å². The summed E-state index contributed by atoms with van der Waals surface area (Å²) in [5.41, 5.74) is 12.8. The normalized spacial score (nSPS) is 11.1. The van der Waals surface area contributed by atoms with Crippen LogP contribution in [0.2, 0.25) is 0 Å². The molecule has 0 saturated heterocycles. The SMILES string of the molecule is CCSc1cc(SCC)cc(C(CN)CN)c1. The lowest BCUT2D eigenvalue weighted by molar-refractivity contribution is 0.704. The summed E-state index contributed by atoms with van der Waals surface area (Å²) in [6, 6.07) is 6.73. The van der Waals surface area contributed by atoms with Crippen molar-refractivity contribution < 1.29 is 0 Å². The molecule has 0 unspecified atom stereocenters. The van der Waals surface area contributed by atoms with Crippen LogP contribution in [0.3, 0.4) is 0 Å². The van der Waals surface area contributed by atoms with Crippen LogP contribution in [0, 0.1) is 0 Å². The lowest BCUT2D eigenvalue weighted by atomic mass is 10.00. The van der Waals surface area contributed by atoms with Crippen molar-refractivity contribution in [3.05, 3.63) is 23.8 Å². The maximum atomic E-state index is 5.77. The van der Waals surface area contributed by atoms with Gasteiger partial charge in [0.15, 0.2) is 0 Å². The molecular weight excluding hydrogens is 248 g/mol. The molecule has 4 heteroatoms. The molecule has 0 aliphatic carbocycles. The quantitative estimate of drug-likeness (QED) is 0.748. The van der Waals surface area contributed by atoms with Gasteiger partial charge in [-0.3, -0.25) is 0 Å². The van der Waals surface area contributed by atoms with Crippen LogP contribution in [0.25, 0.3) is 0 Å². The zero-order chi connectivity index (χ0) is 12.7. The third kappa shape index (κ3) is 4.54. The van der Waals surface area contributed by atoms with Gasteiger partial charge in [-0.25, -0.2) is 0 Å². The van der Waals surface area contributed by atoms with E-state index in [2.05, 4.69) is 32.0 Å². The summed E-state index contributed by atoms with van der Waals surface area (Å²) in [5.74, 6) is 2.47. The van der Waals surface area contributed by atoms with Gasteiger partial charge in [0.1, 0.15) is 0 Å². The molecule has 0 aliphatic rings. The first-order valence-corrected chi connectivity index (χ1v) is 8.02. The highest BCUT2D eigenvalue weighted by atomic mass is 32.2. The second-order valence-electron chi connectivity index (χ2n) is 3.77. The highest BCUT2D eigenvalue weighted by Gasteiger charge is 2.10. The molecular formula is C13H22N2S2. The van der Waals surface area contributed by atoms with E-state index in [1.165, 1.54) is 15.4 Å². The molecule has 0 radical (unpaired) electrons. The number of benzene rings is 1. The van der Waals surface area contributed by atoms with E-state index in [4.69, 9.17) is 11.5 Å². The Kier molecular flexibility index (Phi) is 7.04. The zero-order valence-corrected chi connectivity index (χ0v) is 12.2. The highest BCUT2D eigenvalue weighted by molar-refractivity contribution is 8.00. The summed E-state index contributed by atoms with van der Waals surface area (Å²) in [7, 11) is 0. The van der Waals surface area contributed by atoms with Crippen LogP contribution in [0.5, 0.6) is 0 Å². The van der Waals surface area contributed by atoms with Crippen molar-refractivity contribution in [3.63, 3.8) is 0 Å². The Balaban J connectivity index is 3.01. The lowest BCUT2D eigenvalue weighted by Gasteiger charge is -2.15. The summed E-state index contributed by atoms with van der Waals surface area (Å²) >= 11 is 3.75. The molecule has 0 aromatic heterocycles. The number of nitrogens with two attached hydrogens (primary N) is 2. The van der Waals surface area contributed by atoms with E-state index in [1.807, 2.05) is 23.5 Å². The van der Waals surface area contributed by atoms with Crippen molar-refractivity contribution >= 4 is 23.5 Å². The minimum absolute atomic E-state index is 0.281. The molecule has 0 spiro atoms. The Morgan fingerprint density at radius 1 is 0.941 bits per heavy atom. The first kappa shape index (κ1) is 14.9. The third-order valence-electron chi connectivity index (χ3n) is 2.56. The summed E-state index contributed by atoms with van der Waals surface area (Å²) in [6.45, 7) is 5.58. The highest BCUT2D eigenvalue weighted by Crippen LogP contribution is 2.29. The molecule has 1 aromatic rings. The Labute approximate surface area is 113 Å². The maximum absolute atomic E-state index is 5.77. The van der Waals surface area contributed by atoms with Crippen LogP contribution < -0.4 is 11.5 Å². The summed E-state index contributed by atoms with van der Waals surface area (Å²) in [4.78, 5) is 2.65. The van der Waals surface area contributed by atoms with Gasteiger partial charge in [-0.05, 0) is 35.3 Å². The average molecular weight is 270 g/mol. The molecule has 96 valence electrons. The summed E-state index contributed by atoms with van der Waals surface area (Å²) in [6.07, 6.45) is 0. The van der Waals surface area contributed by atoms with Crippen molar-refractivity contribution in [2.45, 2.75) is 29.6 Å². The molecule has 1 aromatic carbocycles. The Bertz CT molecular complexity index is 314. The zero-order valence-electron chi connectivity index (χ0n) is 10.6. The van der Waals surface area contributed by atoms with Crippen molar-refractivity contribution in [2.24, 2.45) is 11.5 Å². The van der Waals surface area contributed by atoms with Crippen LogP contribution in [0.4, 0.5) is 0 Å². The van der Waals surface area contributed by atoms with Gasteiger partial charge in [0.05, 0.1) is 0 Å². The van der Waals surface area contributed by atoms with E-state index in [-0.39, 0.29) is 5.92 Å². The van der Waals surface area contributed by atoms with Crippen LogP contribution in [0.1, 0.15) is 25.3 Å². The number of hydrogen-bond donors (Lipinski definition) is 2. The minimum Gasteiger partial charge on any atom is -0.330 e. The van der Waals surface area contributed by atoms with E-state index in [1.54, 1.807) is 0 Å². The van der Waals surface area contributed by atoms with E-state index < -0.39 is 0 Å². The van der Waals surface area contributed by atoms with Crippen molar-refractivity contribution in [1.82, 2.24) is 0 Å². The van der Waals surface area contributed by atoms with E-state index in [9.17, 15) is 0 Å². The molecule has 0 aliphatic heterocycles. The van der Waals surface area contributed by atoms with Crippen LogP contribution >= 0.6 is 23.5 Å². The van der Waals surface area contributed by atoms with Crippen molar-refractivity contribution in [3.8, 4) is 0 Å². The van der Waals surface area contributed by atoms with Crippen LogP contribution in [0.15, 0.2) is 28.0 Å². The Morgan fingerprint density at radius 3 is 1.76 bits per heavy atom. The molecule has 0 saturated carbocycles. The van der Waals surface area contributed by atoms with Crippen LogP contribution in [-0.2, 0) is 0 Å². The van der Waals surface area contributed by atoms with Gasteiger partial charge in [-0.1, -0.05) is 13.8 Å². The van der Waals surface area contributed by atoms with Gasteiger partial charge in [0.25, 0.3) is 0 Å². The first-order valence-electron chi connectivity index (χ1n) is 6.05. The predicted octanol–water partition coefficient (Wildman–Crippen LogP) is 2.91. The predicted molar refractivity (Wildman–Crippen MR) is 80.1 cm³/mol. The van der Waals surface area contributed by atoms with E-state index in [0.717, 1.165) is 11.5 Å². The third-order valence-corrected chi connectivity index (χ3v) is 4.28. The lowest BCUT2D eigenvalue weighted by Crippen LogP contribution is -2.21. The Morgan fingerprint density at radius 2 is 1.41 bits per heavy atom. The first-order chi connectivity index (χ1) is 8.24. The number of rotatable bonds is 7. The summed E-state index contributed by atoms with van der Waals surface area (Å²) < 4.78 is 0. The van der Waals surface area contributed by atoms with Gasteiger partial charge in [-0.2, -0.15) is 0 Å².